The van der Waals surface area contributed by atoms with Gasteiger partial charge in [-0.25, -0.2) is 0 Å². The normalized spacial score (nSPS) is 18.0. The summed E-state index contributed by atoms with van der Waals surface area (Å²) >= 11 is 0. The largest absolute Gasteiger partial charge is 0.490 e. The molecule has 1 nitrogen and oxygen atoms in total. The van der Waals surface area contributed by atoms with Gasteiger partial charge in [0.25, 0.3) is 0 Å². The second kappa shape index (κ2) is 9.13. The molecule has 0 amide bonds. The number of hydrogen-bond donors (Lipinski definition) is 0. The van der Waals surface area contributed by atoms with Gasteiger partial charge < -0.3 is 4.74 Å². The van der Waals surface area contributed by atoms with Crippen LogP contribution in [0.1, 0.15) is 84.6 Å². The van der Waals surface area contributed by atoms with Gasteiger partial charge in [0.1, 0.15) is 5.75 Å². The van der Waals surface area contributed by atoms with Crippen molar-refractivity contribution in [3.05, 3.63) is 42.0 Å². The second-order valence-electron chi connectivity index (χ2n) is 9.24. The Hall–Kier alpha value is -1.50. The minimum absolute atomic E-state index is 0.352. The number of benzene rings is 2. The molecule has 0 heterocycles. The van der Waals surface area contributed by atoms with E-state index in [1.807, 2.05) is 0 Å². The van der Waals surface area contributed by atoms with Gasteiger partial charge >= 0.3 is 0 Å². The van der Waals surface area contributed by atoms with E-state index in [-0.39, 0.29) is 0 Å². The van der Waals surface area contributed by atoms with Crippen LogP contribution >= 0.6 is 0 Å². The molecule has 0 saturated heterocycles. The molecule has 0 N–H and O–H groups in total. The molecule has 1 saturated carbocycles. The maximum atomic E-state index is 6.47. The summed E-state index contributed by atoms with van der Waals surface area (Å²) in [5.74, 6) is 1.77. The number of unbranched alkanes of at least 4 members (excludes halogenated alkanes) is 1. The highest BCUT2D eigenvalue weighted by atomic mass is 16.5. The fourth-order valence-corrected chi connectivity index (χ4v) is 4.55. The molecule has 0 radical (unpaired) electrons. The highest BCUT2D eigenvalue weighted by molar-refractivity contribution is 5.91. The lowest BCUT2D eigenvalue weighted by atomic mass is 9.70. The molecule has 2 aromatic rings. The summed E-state index contributed by atoms with van der Waals surface area (Å²) < 4.78 is 6.47. The van der Waals surface area contributed by atoms with Crippen molar-refractivity contribution >= 4 is 10.8 Å². The van der Waals surface area contributed by atoms with Gasteiger partial charge in [-0.05, 0) is 66.9 Å². The smallest absolute Gasteiger partial charge is 0.127 e. The lowest BCUT2D eigenvalue weighted by Gasteiger charge is -2.35. The molecule has 2 aromatic carbocycles. The van der Waals surface area contributed by atoms with Gasteiger partial charge in [0.2, 0.25) is 0 Å². The van der Waals surface area contributed by atoms with E-state index in [1.54, 1.807) is 0 Å². The molecule has 1 aliphatic carbocycles. The molecule has 0 aromatic heterocycles. The maximum absolute atomic E-state index is 6.47. The van der Waals surface area contributed by atoms with E-state index < -0.39 is 0 Å². The average Bonchev–Trinajstić information content (AvgIpc) is 2.69. The van der Waals surface area contributed by atoms with Crippen LogP contribution in [0.5, 0.6) is 5.75 Å². The average molecular weight is 367 g/mol. The van der Waals surface area contributed by atoms with Crippen molar-refractivity contribution in [2.45, 2.75) is 91.6 Å². The second-order valence-corrected chi connectivity index (χ2v) is 9.24. The first-order valence-electron chi connectivity index (χ1n) is 11.2. The molecule has 0 spiro atoms. The van der Waals surface area contributed by atoms with Crippen molar-refractivity contribution in [2.75, 3.05) is 0 Å². The Labute approximate surface area is 166 Å². The number of hydrogen-bond acceptors (Lipinski definition) is 1. The molecule has 0 aliphatic heterocycles. The van der Waals surface area contributed by atoms with Crippen LogP contribution in [0.4, 0.5) is 0 Å². The molecule has 148 valence electrons. The van der Waals surface area contributed by atoms with Crippen LogP contribution in [0, 0.1) is 11.3 Å². The Kier molecular flexibility index (Phi) is 6.84. The van der Waals surface area contributed by atoms with Crippen molar-refractivity contribution < 1.29 is 4.74 Å². The zero-order valence-corrected chi connectivity index (χ0v) is 17.9. The Morgan fingerprint density at radius 2 is 1.70 bits per heavy atom. The fraction of sp³-hybridized carbons (Fsp3) is 0.615. The van der Waals surface area contributed by atoms with Gasteiger partial charge in [-0.1, -0.05) is 77.3 Å². The van der Waals surface area contributed by atoms with E-state index in [1.165, 1.54) is 67.7 Å². The molecule has 1 unspecified atom stereocenters. The van der Waals surface area contributed by atoms with Crippen molar-refractivity contribution in [1.29, 1.82) is 0 Å². The molecule has 1 heteroatoms. The molecule has 1 atom stereocenters. The van der Waals surface area contributed by atoms with Crippen LogP contribution in [0.25, 0.3) is 10.8 Å². The zero-order chi connectivity index (χ0) is 19.3. The standard InChI is InChI=1S/C26H38O/c1-5-6-18-26(4,20(2)3)19-21-16-17-25(24-15-11-10-14-23(21)24)27-22-12-8-7-9-13-22/h10-11,14-17,20,22H,5-9,12-13,18-19H2,1-4H3. The van der Waals surface area contributed by atoms with Gasteiger partial charge in [0.05, 0.1) is 6.10 Å². The summed E-state index contributed by atoms with van der Waals surface area (Å²) in [4.78, 5) is 0. The molecular weight excluding hydrogens is 328 g/mol. The third-order valence-corrected chi connectivity index (χ3v) is 6.91. The predicted molar refractivity (Wildman–Crippen MR) is 118 cm³/mol. The SMILES string of the molecule is CCCCC(C)(Cc1ccc(OC2CCCCC2)c2ccccc12)C(C)C. The third kappa shape index (κ3) is 4.86. The highest BCUT2D eigenvalue weighted by Crippen LogP contribution is 2.40. The van der Waals surface area contributed by atoms with E-state index in [9.17, 15) is 0 Å². The third-order valence-electron chi connectivity index (χ3n) is 6.91. The van der Waals surface area contributed by atoms with Crippen molar-refractivity contribution in [1.82, 2.24) is 0 Å². The Morgan fingerprint density at radius 1 is 1.00 bits per heavy atom. The predicted octanol–water partition coefficient (Wildman–Crippen LogP) is 7.95. The van der Waals surface area contributed by atoms with Crippen LogP contribution in [0.2, 0.25) is 0 Å². The van der Waals surface area contributed by atoms with Gasteiger partial charge in [-0.3, -0.25) is 0 Å². The Morgan fingerprint density at radius 3 is 2.37 bits per heavy atom. The maximum Gasteiger partial charge on any atom is 0.127 e. The minimum atomic E-state index is 0.352. The summed E-state index contributed by atoms with van der Waals surface area (Å²) in [6.45, 7) is 9.55. The van der Waals surface area contributed by atoms with Gasteiger partial charge in [0.15, 0.2) is 0 Å². The van der Waals surface area contributed by atoms with Crippen molar-refractivity contribution in [2.24, 2.45) is 11.3 Å². The Balaban J connectivity index is 1.89. The van der Waals surface area contributed by atoms with Crippen LogP contribution in [-0.2, 0) is 6.42 Å². The van der Waals surface area contributed by atoms with Crippen LogP contribution in [-0.4, -0.2) is 6.10 Å². The van der Waals surface area contributed by atoms with Gasteiger partial charge in [0, 0.05) is 5.39 Å². The quantitative estimate of drug-likeness (QED) is 0.460. The van der Waals surface area contributed by atoms with Gasteiger partial charge in [-0.15, -0.1) is 0 Å². The summed E-state index contributed by atoms with van der Waals surface area (Å²) in [6, 6.07) is 13.4. The summed E-state index contributed by atoms with van der Waals surface area (Å²) in [6.07, 6.45) is 11.8. The molecule has 27 heavy (non-hydrogen) atoms. The summed E-state index contributed by atoms with van der Waals surface area (Å²) in [5, 5.41) is 2.68. The van der Waals surface area contributed by atoms with E-state index in [0.717, 1.165) is 12.2 Å². The van der Waals surface area contributed by atoms with Crippen molar-refractivity contribution in [3.63, 3.8) is 0 Å². The van der Waals surface area contributed by atoms with Crippen molar-refractivity contribution in [3.8, 4) is 5.75 Å². The molecule has 1 fully saturated rings. The minimum Gasteiger partial charge on any atom is -0.490 e. The molecule has 0 bridgehead atoms. The molecule has 3 rings (SSSR count). The number of rotatable bonds is 8. The van der Waals surface area contributed by atoms with E-state index in [2.05, 4.69) is 64.1 Å². The first kappa shape index (κ1) is 20.2. The summed E-state index contributed by atoms with van der Waals surface area (Å²) in [7, 11) is 0. The van der Waals surface area contributed by atoms with Crippen LogP contribution < -0.4 is 4.74 Å². The first-order valence-corrected chi connectivity index (χ1v) is 11.2. The number of fused-ring (bicyclic) bond motifs is 1. The fourth-order valence-electron chi connectivity index (χ4n) is 4.55. The molecule has 1 aliphatic rings. The van der Waals surface area contributed by atoms with Crippen LogP contribution in [0.15, 0.2) is 36.4 Å². The highest BCUT2D eigenvalue weighted by Gasteiger charge is 2.29. The lowest BCUT2D eigenvalue weighted by Crippen LogP contribution is -2.26. The lowest BCUT2D eigenvalue weighted by molar-refractivity contribution is 0.157. The van der Waals surface area contributed by atoms with E-state index in [4.69, 9.17) is 4.74 Å². The monoisotopic (exact) mass is 366 g/mol. The van der Waals surface area contributed by atoms with E-state index >= 15 is 0 Å². The zero-order valence-electron chi connectivity index (χ0n) is 17.9. The van der Waals surface area contributed by atoms with E-state index in [0.29, 0.717) is 17.4 Å². The molecular formula is C26H38O. The Bertz CT molecular complexity index is 726. The number of ether oxygens (including phenoxy) is 1. The van der Waals surface area contributed by atoms with Gasteiger partial charge in [-0.2, -0.15) is 0 Å². The first-order chi connectivity index (χ1) is 13.0. The summed E-state index contributed by atoms with van der Waals surface area (Å²) in [5.41, 5.74) is 1.83. The topological polar surface area (TPSA) is 9.23 Å². The van der Waals surface area contributed by atoms with Crippen LogP contribution in [0.3, 0.4) is 0 Å².